The number of nitrogens with one attached hydrogen (secondary N) is 1. The Morgan fingerprint density at radius 3 is 2.65 bits per heavy atom. The number of carbonyl (C=O) groups excluding carboxylic acids is 2. The van der Waals surface area contributed by atoms with Crippen molar-refractivity contribution in [3.8, 4) is 0 Å². The molecule has 0 bridgehead atoms. The van der Waals surface area contributed by atoms with Gasteiger partial charge in [0.15, 0.2) is 0 Å². The van der Waals surface area contributed by atoms with Gasteiger partial charge in [0.05, 0.1) is 6.04 Å². The van der Waals surface area contributed by atoms with Crippen LogP contribution in [0, 0.1) is 5.92 Å². The van der Waals surface area contributed by atoms with Crippen molar-refractivity contribution in [2.24, 2.45) is 13.0 Å². The summed E-state index contributed by atoms with van der Waals surface area (Å²) in [4.78, 5) is 28.6. The van der Waals surface area contributed by atoms with Crippen LogP contribution in [0.15, 0.2) is 42.7 Å². The summed E-state index contributed by atoms with van der Waals surface area (Å²) >= 11 is 0. The second-order valence-electron chi connectivity index (χ2n) is 6.09. The molecule has 5 heteroatoms. The molecule has 3 rings (SSSR count). The van der Waals surface area contributed by atoms with E-state index in [4.69, 9.17) is 0 Å². The lowest BCUT2D eigenvalue weighted by Crippen LogP contribution is -2.36. The summed E-state index contributed by atoms with van der Waals surface area (Å²) in [5.41, 5.74) is 1.07. The average molecular weight is 311 g/mol. The van der Waals surface area contributed by atoms with Gasteiger partial charge in [-0.3, -0.25) is 9.59 Å². The normalized spacial score (nSPS) is 15.2. The second kappa shape index (κ2) is 6.77. The van der Waals surface area contributed by atoms with E-state index in [0.29, 0.717) is 12.3 Å². The molecule has 0 saturated heterocycles. The van der Waals surface area contributed by atoms with Crippen molar-refractivity contribution in [1.82, 2.24) is 14.9 Å². The number of amides is 1. The fourth-order valence-corrected chi connectivity index (χ4v) is 2.74. The zero-order chi connectivity index (χ0) is 16.2. The first-order valence-electron chi connectivity index (χ1n) is 8.00. The van der Waals surface area contributed by atoms with Crippen LogP contribution in [0.4, 0.5) is 0 Å². The molecule has 1 N–H and O–H groups in total. The van der Waals surface area contributed by atoms with Crippen LogP contribution in [0.3, 0.4) is 0 Å². The molecule has 23 heavy (non-hydrogen) atoms. The number of rotatable bonds is 7. The van der Waals surface area contributed by atoms with E-state index in [-0.39, 0.29) is 18.2 Å². The van der Waals surface area contributed by atoms with Crippen LogP contribution in [0.25, 0.3) is 0 Å². The Balaban J connectivity index is 1.58. The highest BCUT2D eigenvalue weighted by molar-refractivity contribution is 6.36. The lowest BCUT2D eigenvalue weighted by molar-refractivity contribution is -0.138. The number of benzene rings is 1. The predicted molar refractivity (Wildman–Crippen MR) is 86.6 cm³/mol. The highest BCUT2D eigenvalue weighted by Crippen LogP contribution is 2.40. The third-order valence-corrected chi connectivity index (χ3v) is 4.25. The lowest BCUT2D eigenvalue weighted by atomic mass is 10.1. The van der Waals surface area contributed by atoms with Gasteiger partial charge in [0, 0.05) is 25.9 Å². The molecule has 2 aromatic rings. The lowest BCUT2D eigenvalue weighted by Gasteiger charge is -2.17. The topological polar surface area (TPSA) is 64.0 Å². The Labute approximate surface area is 135 Å². The number of nitrogens with zero attached hydrogens (tertiary/aromatic N) is 2. The molecule has 1 aromatic heterocycles. The minimum absolute atomic E-state index is 0.164. The van der Waals surface area contributed by atoms with E-state index in [0.717, 1.165) is 24.2 Å². The van der Waals surface area contributed by atoms with E-state index in [9.17, 15) is 9.59 Å². The zero-order valence-electron chi connectivity index (χ0n) is 13.2. The molecule has 1 unspecified atom stereocenters. The monoisotopic (exact) mass is 311 g/mol. The van der Waals surface area contributed by atoms with Crippen LogP contribution in [-0.4, -0.2) is 21.2 Å². The first kappa shape index (κ1) is 15.5. The summed E-state index contributed by atoms with van der Waals surface area (Å²) in [6.07, 6.45) is 6.52. The maximum atomic E-state index is 12.2. The number of hydrogen-bond acceptors (Lipinski definition) is 3. The van der Waals surface area contributed by atoms with E-state index in [1.807, 2.05) is 48.1 Å². The number of aromatic nitrogens is 2. The minimum atomic E-state index is -0.499. The first-order valence-corrected chi connectivity index (χ1v) is 8.00. The number of ketones is 1. The summed E-state index contributed by atoms with van der Waals surface area (Å²) < 4.78 is 1.90. The second-order valence-corrected chi connectivity index (χ2v) is 6.09. The Morgan fingerprint density at radius 1 is 1.30 bits per heavy atom. The van der Waals surface area contributed by atoms with Crippen LogP contribution in [0.5, 0.6) is 0 Å². The molecule has 1 saturated carbocycles. The highest BCUT2D eigenvalue weighted by Gasteiger charge is 2.36. The zero-order valence-corrected chi connectivity index (χ0v) is 13.2. The van der Waals surface area contributed by atoms with Gasteiger partial charge in [0.1, 0.15) is 5.82 Å². The Kier molecular flexibility index (Phi) is 4.55. The molecule has 1 heterocycles. The number of carbonyl (C=O) groups is 2. The predicted octanol–water partition coefficient (Wildman–Crippen LogP) is 2.19. The van der Waals surface area contributed by atoms with Crippen molar-refractivity contribution in [3.05, 3.63) is 54.1 Å². The van der Waals surface area contributed by atoms with Gasteiger partial charge in [-0.15, -0.1) is 0 Å². The quantitative estimate of drug-likeness (QED) is 0.797. The van der Waals surface area contributed by atoms with Crippen molar-refractivity contribution < 1.29 is 9.59 Å². The molecule has 0 aliphatic heterocycles. The number of Topliss-reactive ketones (excluding diaryl/α,β-unsaturated/α-hetero) is 1. The van der Waals surface area contributed by atoms with E-state index in [1.165, 1.54) is 0 Å². The Bertz CT molecular complexity index is 689. The summed E-state index contributed by atoms with van der Waals surface area (Å²) in [6, 6.07) is 9.57. The third kappa shape index (κ3) is 3.86. The minimum Gasteiger partial charge on any atom is -0.339 e. The molecule has 1 amide bonds. The van der Waals surface area contributed by atoms with Crippen LogP contribution >= 0.6 is 0 Å². The van der Waals surface area contributed by atoms with E-state index < -0.39 is 5.91 Å². The van der Waals surface area contributed by atoms with Crippen molar-refractivity contribution in [2.75, 3.05) is 0 Å². The molecule has 120 valence electrons. The summed E-state index contributed by atoms with van der Waals surface area (Å²) in [5, 5.41) is 2.89. The van der Waals surface area contributed by atoms with Gasteiger partial charge in [-0.05, 0) is 30.7 Å². The number of hydrogen-bond donors (Lipinski definition) is 1. The van der Waals surface area contributed by atoms with Crippen LogP contribution in [0.1, 0.15) is 36.7 Å². The average Bonchev–Trinajstić information content (AvgIpc) is 3.32. The molecular formula is C18H21N3O2. The molecule has 1 aliphatic rings. The van der Waals surface area contributed by atoms with Gasteiger partial charge in [-0.2, -0.15) is 0 Å². The van der Waals surface area contributed by atoms with E-state index in [1.54, 1.807) is 6.20 Å². The Morgan fingerprint density at radius 2 is 2.04 bits per heavy atom. The largest absolute Gasteiger partial charge is 0.339 e. The van der Waals surface area contributed by atoms with Gasteiger partial charge in [-0.25, -0.2) is 4.98 Å². The molecule has 1 fully saturated rings. The maximum Gasteiger partial charge on any atom is 0.287 e. The number of imidazole rings is 1. The standard InChI is InChI=1S/C18H21N3O2/c1-21-12-11-19-17(21)16(14-8-9-14)20-18(23)15(22)10-7-13-5-3-2-4-6-13/h2-6,11-12,14,16H,7-10H2,1H3,(H,20,23). The van der Waals surface area contributed by atoms with Crippen molar-refractivity contribution >= 4 is 11.7 Å². The fraction of sp³-hybridized carbons (Fsp3) is 0.389. The van der Waals surface area contributed by atoms with E-state index in [2.05, 4.69) is 10.3 Å². The number of aryl methyl sites for hydroxylation is 2. The van der Waals surface area contributed by atoms with Crippen LogP contribution < -0.4 is 5.32 Å². The van der Waals surface area contributed by atoms with E-state index >= 15 is 0 Å². The van der Waals surface area contributed by atoms with Gasteiger partial charge in [0.25, 0.3) is 5.91 Å². The molecule has 0 spiro atoms. The van der Waals surface area contributed by atoms with Crippen molar-refractivity contribution in [1.29, 1.82) is 0 Å². The van der Waals surface area contributed by atoms with Gasteiger partial charge < -0.3 is 9.88 Å². The molecule has 1 aliphatic carbocycles. The van der Waals surface area contributed by atoms with Gasteiger partial charge >= 0.3 is 0 Å². The van der Waals surface area contributed by atoms with Crippen LogP contribution in [0.2, 0.25) is 0 Å². The summed E-state index contributed by atoms with van der Waals surface area (Å²) in [6.45, 7) is 0. The molecule has 1 atom stereocenters. The summed E-state index contributed by atoms with van der Waals surface area (Å²) in [7, 11) is 1.90. The molecule has 1 aromatic carbocycles. The maximum absolute atomic E-state index is 12.2. The highest BCUT2D eigenvalue weighted by atomic mass is 16.2. The fourth-order valence-electron chi connectivity index (χ4n) is 2.74. The van der Waals surface area contributed by atoms with Gasteiger partial charge in [-0.1, -0.05) is 30.3 Å². The molecular weight excluding hydrogens is 290 g/mol. The third-order valence-electron chi connectivity index (χ3n) is 4.25. The first-order chi connectivity index (χ1) is 11.1. The smallest absolute Gasteiger partial charge is 0.287 e. The van der Waals surface area contributed by atoms with Crippen LogP contribution in [-0.2, 0) is 23.1 Å². The summed E-state index contributed by atoms with van der Waals surface area (Å²) in [5.74, 6) is 0.341. The SMILES string of the molecule is Cn1ccnc1C(NC(=O)C(=O)CCc1ccccc1)C1CC1. The molecule has 5 nitrogen and oxygen atoms in total. The molecule has 0 radical (unpaired) electrons. The van der Waals surface area contributed by atoms with Crippen molar-refractivity contribution in [2.45, 2.75) is 31.7 Å². The van der Waals surface area contributed by atoms with Gasteiger partial charge in [0.2, 0.25) is 5.78 Å². The Hall–Kier alpha value is -2.43. The van der Waals surface area contributed by atoms with Crippen molar-refractivity contribution in [3.63, 3.8) is 0 Å².